The van der Waals surface area contributed by atoms with Crippen LogP contribution in [-0.4, -0.2) is 42.8 Å². The molecule has 1 unspecified atom stereocenters. The van der Waals surface area contributed by atoms with Gasteiger partial charge >= 0.3 is 0 Å². The van der Waals surface area contributed by atoms with Crippen LogP contribution in [0, 0.1) is 0 Å². The second-order valence-corrected chi connectivity index (χ2v) is 5.89. The molecule has 0 aromatic carbocycles. The van der Waals surface area contributed by atoms with E-state index in [4.69, 9.17) is 5.11 Å². The van der Waals surface area contributed by atoms with Gasteiger partial charge in [0.2, 0.25) is 10.0 Å². The first-order valence-electron chi connectivity index (χ1n) is 5.18. The SMILES string of the molecule is CC1CCCN1S(=O)(=O)CCCCO. The first kappa shape index (κ1) is 11.9. The highest BCUT2D eigenvalue weighted by Crippen LogP contribution is 2.21. The quantitative estimate of drug-likeness (QED) is 0.691. The van der Waals surface area contributed by atoms with Gasteiger partial charge in [0, 0.05) is 19.2 Å². The topological polar surface area (TPSA) is 57.6 Å². The fourth-order valence-corrected chi connectivity index (χ4v) is 3.70. The third-order valence-corrected chi connectivity index (χ3v) is 4.72. The molecule has 4 nitrogen and oxygen atoms in total. The summed E-state index contributed by atoms with van der Waals surface area (Å²) < 4.78 is 25.1. The fraction of sp³-hybridized carbons (Fsp3) is 1.00. The zero-order chi connectivity index (χ0) is 10.6. The monoisotopic (exact) mass is 221 g/mol. The number of aliphatic hydroxyl groups is 1. The molecule has 0 aromatic rings. The van der Waals surface area contributed by atoms with Gasteiger partial charge in [-0.2, -0.15) is 4.31 Å². The lowest BCUT2D eigenvalue weighted by Gasteiger charge is -2.20. The lowest BCUT2D eigenvalue weighted by atomic mass is 10.3. The molecule has 0 bridgehead atoms. The summed E-state index contributed by atoms with van der Waals surface area (Å²) in [5, 5.41) is 8.57. The van der Waals surface area contributed by atoms with Crippen molar-refractivity contribution in [1.29, 1.82) is 0 Å². The average Bonchev–Trinajstić information content (AvgIpc) is 2.52. The molecule has 1 aliphatic heterocycles. The first-order valence-corrected chi connectivity index (χ1v) is 6.79. The van der Waals surface area contributed by atoms with Crippen LogP contribution >= 0.6 is 0 Å². The summed E-state index contributed by atoms with van der Waals surface area (Å²) in [7, 11) is -3.06. The predicted molar refractivity (Wildman–Crippen MR) is 55.5 cm³/mol. The normalized spacial score (nSPS) is 24.3. The first-order chi connectivity index (χ1) is 6.58. The van der Waals surface area contributed by atoms with Crippen molar-refractivity contribution in [1.82, 2.24) is 4.31 Å². The molecule has 1 heterocycles. The molecule has 1 N–H and O–H groups in total. The molecule has 0 aromatic heterocycles. The smallest absolute Gasteiger partial charge is 0.214 e. The zero-order valence-corrected chi connectivity index (χ0v) is 9.46. The molecule has 1 saturated heterocycles. The van der Waals surface area contributed by atoms with Crippen molar-refractivity contribution in [2.75, 3.05) is 18.9 Å². The molecule has 1 atom stereocenters. The number of sulfonamides is 1. The third kappa shape index (κ3) is 2.93. The van der Waals surface area contributed by atoms with Gasteiger partial charge in [-0.1, -0.05) is 0 Å². The number of nitrogens with zero attached hydrogens (tertiary/aromatic N) is 1. The van der Waals surface area contributed by atoms with Gasteiger partial charge in [-0.15, -0.1) is 0 Å². The van der Waals surface area contributed by atoms with Gasteiger partial charge in [0.25, 0.3) is 0 Å². The highest BCUT2D eigenvalue weighted by Gasteiger charge is 2.30. The summed E-state index contributed by atoms with van der Waals surface area (Å²) in [6.07, 6.45) is 3.07. The molecule has 0 aliphatic carbocycles. The Hall–Kier alpha value is -0.130. The zero-order valence-electron chi connectivity index (χ0n) is 8.65. The van der Waals surface area contributed by atoms with Crippen molar-refractivity contribution in [3.05, 3.63) is 0 Å². The van der Waals surface area contributed by atoms with Crippen LogP contribution in [-0.2, 0) is 10.0 Å². The summed E-state index contributed by atoms with van der Waals surface area (Å²) in [4.78, 5) is 0. The lowest BCUT2D eigenvalue weighted by Crippen LogP contribution is -2.35. The number of aliphatic hydroxyl groups excluding tert-OH is 1. The van der Waals surface area contributed by atoms with E-state index in [1.807, 2.05) is 6.92 Å². The molecule has 1 fully saturated rings. The molecule has 0 saturated carbocycles. The van der Waals surface area contributed by atoms with Gasteiger partial charge in [0.15, 0.2) is 0 Å². The molecule has 1 aliphatic rings. The number of hydrogen-bond acceptors (Lipinski definition) is 3. The highest BCUT2D eigenvalue weighted by molar-refractivity contribution is 7.89. The number of unbranched alkanes of at least 4 members (excludes halogenated alkanes) is 1. The van der Waals surface area contributed by atoms with Crippen LogP contribution in [0.4, 0.5) is 0 Å². The van der Waals surface area contributed by atoms with E-state index >= 15 is 0 Å². The fourth-order valence-electron chi connectivity index (χ4n) is 1.83. The van der Waals surface area contributed by atoms with E-state index in [0.717, 1.165) is 12.8 Å². The minimum absolute atomic E-state index is 0.0745. The van der Waals surface area contributed by atoms with Crippen molar-refractivity contribution < 1.29 is 13.5 Å². The second-order valence-electron chi connectivity index (χ2n) is 3.85. The minimum Gasteiger partial charge on any atom is -0.396 e. The van der Waals surface area contributed by atoms with E-state index in [1.165, 1.54) is 0 Å². The van der Waals surface area contributed by atoms with Crippen LogP contribution in [0.3, 0.4) is 0 Å². The summed E-state index contributed by atoms with van der Waals surface area (Å²) in [5.41, 5.74) is 0. The van der Waals surface area contributed by atoms with Crippen LogP contribution in [0.25, 0.3) is 0 Å². The maximum Gasteiger partial charge on any atom is 0.214 e. The summed E-state index contributed by atoms with van der Waals surface area (Å²) >= 11 is 0. The standard InChI is InChI=1S/C9H19NO3S/c1-9-5-4-6-10(9)14(12,13)8-3-2-7-11/h9,11H,2-8H2,1H3. The van der Waals surface area contributed by atoms with E-state index in [0.29, 0.717) is 19.4 Å². The summed E-state index contributed by atoms with van der Waals surface area (Å²) in [6, 6.07) is 0.161. The molecule has 0 spiro atoms. The molecule has 1 rings (SSSR count). The summed E-state index contributed by atoms with van der Waals surface area (Å²) in [5.74, 6) is 0.178. The Bertz CT molecular complexity index is 263. The van der Waals surface area contributed by atoms with E-state index in [1.54, 1.807) is 4.31 Å². The molecule has 0 amide bonds. The second kappa shape index (κ2) is 5.09. The van der Waals surface area contributed by atoms with Crippen LogP contribution in [0.5, 0.6) is 0 Å². The molecule has 5 heteroatoms. The van der Waals surface area contributed by atoms with Crippen molar-refractivity contribution in [2.45, 2.75) is 38.6 Å². The Morgan fingerprint density at radius 2 is 2.14 bits per heavy atom. The van der Waals surface area contributed by atoms with Gasteiger partial charge < -0.3 is 5.11 Å². The van der Waals surface area contributed by atoms with Gasteiger partial charge in [0.05, 0.1) is 5.75 Å². The Kier molecular flexibility index (Phi) is 4.34. The van der Waals surface area contributed by atoms with Crippen LogP contribution in [0.2, 0.25) is 0 Å². The molecule has 84 valence electrons. The Labute approximate surface area is 86.0 Å². The van der Waals surface area contributed by atoms with E-state index in [9.17, 15) is 8.42 Å². The van der Waals surface area contributed by atoms with Gasteiger partial charge in [-0.3, -0.25) is 0 Å². The van der Waals surface area contributed by atoms with Crippen LogP contribution < -0.4 is 0 Å². The van der Waals surface area contributed by atoms with E-state index < -0.39 is 10.0 Å². The lowest BCUT2D eigenvalue weighted by molar-refractivity contribution is 0.286. The highest BCUT2D eigenvalue weighted by atomic mass is 32.2. The molecule has 0 radical (unpaired) electrons. The maximum atomic E-state index is 11.8. The maximum absolute atomic E-state index is 11.8. The van der Waals surface area contributed by atoms with E-state index in [-0.39, 0.29) is 18.4 Å². The van der Waals surface area contributed by atoms with Gasteiger partial charge in [-0.25, -0.2) is 8.42 Å². The Morgan fingerprint density at radius 1 is 1.43 bits per heavy atom. The number of rotatable bonds is 5. The van der Waals surface area contributed by atoms with Crippen LogP contribution in [0.15, 0.2) is 0 Å². The Morgan fingerprint density at radius 3 is 2.64 bits per heavy atom. The van der Waals surface area contributed by atoms with Crippen molar-refractivity contribution in [2.24, 2.45) is 0 Å². The van der Waals surface area contributed by atoms with E-state index in [2.05, 4.69) is 0 Å². The Balaban J connectivity index is 2.47. The van der Waals surface area contributed by atoms with Crippen molar-refractivity contribution in [3.63, 3.8) is 0 Å². The van der Waals surface area contributed by atoms with Crippen LogP contribution in [0.1, 0.15) is 32.6 Å². The molecule has 14 heavy (non-hydrogen) atoms. The predicted octanol–water partition coefficient (Wildman–Crippen LogP) is 0.573. The third-order valence-electron chi connectivity index (χ3n) is 2.66. The molecular formula is C9H19NO3S. The molecular weight excluding hydrogens is 202 g/mol. The number of hydrogen-bond donors (Lipinski definition) is 1. The van der Waals surface area contributed by atoms with Gasteiger partial charge in [-0.05, 0) is 32.6 Å². The van der Waals surface area contributed by atoms with Crippen molar-refractivity contribution in [3.8, 4) is 0 Å². The largest absolute Gasteiger partial charge is 0.396 e. The van der Waals surface area contributed by atoms with Gasteiger partial charge in [0.1, 0.15) is 0 Å². The van der Waals surface area contributed by atoms with Crippen molar-refractivity contribution >= 4 is 10.0 Å². The average molecular weight is 221 g/mol. The minimum atomic E-state index is -3.06. The summed E-state index contributed by atoms with van der Waals surface area (Å²) in [6.45, 7) is 2.70.